The van der Waals surface area contributed by atoms with E-state index < -0.39 is 5.69 Å². The molecule has 3 aromatic heterocycles. The predicted octanol–water partition coefficient (Wildman–Crippen LogP) is 3.38. The lowest BCUT2D eigenvalue weighted by molar-refractivity contribution is -0.116. The first-order valence-corrected chi connectivity index (χ1v) is 10.7. The Balaban J connectivity index is 1.83. The van der Waals surface area contributed by atoms with Gasteiger partial charge in [-0.05, 0) is 42.7 Å². The van der Waals surface area contributed by atoms with Gasteiger partial charge in [0, 0.05) is 23.8 Å². The van der Waals surface area contributed by atoms with Gasteiger partial charge in [0.15, 0.2) is 0 Å². The van der Waals surface area contributed by atoms with Crippen LogP contribution >= 0.6 is 11.3 Å². The Hall–Kier alpha value is -3.26. The fourth-order valence-corrected chi connectivity index (χ4v) is 4.66. The molecule has 0 aliphatic rings. The summed E-state index contributed by atoms with van der Waals surface area (Å²) in [4.78, 5) is 43.9. The van der Waals surface area contributed by atoms with Gasteiger partial charge in [-0.25, -0.2) is 9.78 Å². The number of fused-ring (bicyclic) bond motifs is 3. The second-order valence-electron chi connectivity index (χ2n) is 7.06. The second-order valence-corrected chi connectivity index (χ2v) is 8.06. The molecule has 0 unspecified atom stereocenters. The summed E-state index contributed by atoms with van der Waals surface area (Å²) >= 11 is 1.25. The quantitative estimate of drug-likeness (QED) is 0.516. The molecule has 4 aromatic rings. The number of hydrogen-bond donors (Lipinski definition) is 1. The summed E-state index contributed by atoms with van der Waals surface area (Å²) in [6.07, 6.45) is 3.15. The van der Waals surface area contributed by atoms with Crippen LogP contribution in [-0.2, 0) is 24.3 Å². The maximum Gasteiger partial charge on any atom is 0.332 e. The van der Waals surface area contributed by atoms with Gasteiger partial charge >= 0.3 is 5.69 Å². The normalized spacial score (nSPS) is 11.3. The maximum atomic E-state index is 13.2. The van der Waals surface area contributed by atoms with Crippen molar-refractivity contribution in [2.24, 2.45) is 0 Å². The summed E-state index contributed by atoms with van der Waals surface area (Å²) in [5.41, 5.74) is 1.46. The van der Waals surface area contributed by atoms with Crippen LogP contribution in [0.4, 0.5) is 5.69 Å². The van der Waals surface area contributed by atoms with Crippen LogP contribution in [0, 0.1) is 0 Å². The van der Waals surface area contributed by atoms with E-state index in [1.54, 1.807) is 12.3 Å². The Morgan fingerprint density at radius 1 is 1.13 bits per heavy atom. The lowest BCUT2D eigenvalue weighted by atomic mass is 10.1. The van der Waals surface area contributed by atoms with E-state index in [1.165, 1.54) is 20.5 Å². The van der Waals surface area contributed by atoms with Crippen molar-refractivity contribution in [3.8, 4) is 0 Å². The Morgan fingerprint density at radius 2 is 1.97 bits per heavy atom. The largest absolute Gasteiger partial charge is 0.332 e. The van der Waals surface area contributed by atoms with Crippen LogP contribution in [0.5, 0.6) is 0 Å². The van der Waals surface area contributed by atoms with Gasteiger partial charge in [-0.1, -0.05) is 26.0 Å². The molecule has 1 aromatic carbocycles. The van der Waals surface area contributed by atoms with Crippen molar-refractivity contribution >= 4 is 43.4 Å². The third kappa shape index (κ3) is 3.54. The first kappa shape index (κ1) is 20.0. The van der Waals surface area contributed by atoms with Crippen LogP contribution in [0.3, 0.4) is 0 Å². The molecule has 1 N–H and O–H groups in total. The molecule has 0 saturated heterocycles. The number of rotatable bonds is 6. The van der Waals surface area contributed by atoms with E-state index in [2.05, 4.69) is 10.3 Å². The van der Waals surface area contributed by atoms with Crippen molar-refractivity contribution in [2.45, 2.75) is 39.8 Å². The van der Waals surface area contributed by atoms with Crippen LogP contribution < -0.4 is 16.6 Å². The molecular weight excluding hydrogens is 400 g/mol. The summed E-state index contributed by atoms with van der Waals surface area (Å²) < 4.78 is 3.05. The Kier molecular flexibility index (Phi) is 5.50. The number of benzene rings is 1. The molecule has 0 aliphatic heterocycles. The molecule has 4 rings (SSSR count). The molecule has 30 heavy (non-hydrogen) atoms. The maximum absolute atomic E-state index is 13.2. The zero-order chi connectivity index (χ0) is 21.3. The summed E-state index contributed by atoms with van der Waals surface area (Å²) in [6.45, 7) is 4.07. The molecule has 0 radical (unpaired) electrons. The standard InChI is InChI=1S/C22H22N4O3S/c1-3-11-25-21(28)19-18(16-9-6-10-23-20(16)30-19)26(22(25)29)13-17(27)24-15-8-5-7-14(4-2)12-15/h5-10,12H,3-4,11,13H2,1-2H3,(H,24,27). The highest BCUT2D eigenvalue weighted by Gasteiger charge is 2.20. The lowest BCUT2D eigenvalue weighted by Gasteiger charge is -2.12. The Morgan fingerprint density at radius 3 is 2.73 bits per heavy atom. The molecule has 0 fully saturated rings. The van der Waals surface area contributed by atoms with E-state index in [4.69, 9.17) is 0 Å². The van der Waals surface area contributed by atoms with Crippen LogP contribution in [0.15, 0.2) is 52.2 Å². The molecule has 0 saturated carbocycles. The number of anilines is 1. The number of carbonyl (C=O) groups excluding carboxylic acids is 1. The summed E-state index contributed by atoms with van der Waals surface area (Å²) in [5.74, 6) is -0.323. The highest BCUT2D eigenvalue weighted by molar-refractivity contribution is 7.25. The first-order chi connectivity index (χ1) is 14.5. The van der Waals surface area contributed by atoms with Crippen molar-refractivity contribution < 1.29 is 4.79 Å². The van der Waals surface area contributed by atoms with Crippen molar-refractivity contribution in [2.75, 3.05) is 5.32 Å². The predicted molar refractivity (Wildman–Crippen MR) is 120 cm³/mol. The van der Waals surface area contributed by atoms with E-state index in [-0.39, 0.29) is 18.0 Å². The minimum absolute atomic E-state index is 0.184. The average Bonchev–Trinajstić information content (AvgIpc) is 3.14. The minimum atomic E-state index is -0.477. The molecule has 0 spiro atoms. The van der Waals surface area contributed by atoms with E-state index in [0.717, 1.165) is 12.0 Å². The van der Waals surface area contributed by atoms with Gasteiger partial charge in [0.1, 0.15) is 16.1 Å². The third-order valence-corrected chi connectivity index (χ3v) is 6.07. The van der Waals surface area contributed by atoms with Gasteiger partial charge < -0.3 is 5.32 Å². The molecule has 0 bridgehead atoms. The topological polar surface area (TPSA) is 86.0 Å². The Bertz CT molecular complexity index is 1370. The van der Waals surface area contributed by atoms with Crippen LogP contribution in [-0.4, -0.2) is 20.0 Å². The zero-order valence-electron chi connectivity index (χ0n) is 16.8. The number of pyridine rings is 1. The van der Waals surface area contributed by atoms with Crippen LogP contribution in [0.2, 0.25) is 0 Å². The summed E-state index contributed by atoms with van der Waals surface area (Å²) in [5, 5.41) is 3.57. The number of aryl methyl sites for hydroxylation is 1. The van der Waals surface area contributed by atoms with Gasteiger partial charge in [-0.15, -0.1) is 11.3 Å². The number of aromatic nitrogens is 3. The van der Waals surface area contributed by atoms with Crippen LogP contribution in [0.1, 0.15) is 25.8 Å². The fraction of sp³-hybridized carbons (Fsp3) is 0.273. The van der Waals surface area contributed by atoms with Gasteiger partial charge in [0.25, 0.3) is 5.56 Å². The van der Waals surface area contributed by atoms with Crippen molar-refractivity contribution in [3.05, 3.63) is 69.0 Å². The van der Waals surface area contributed by atoms with E-state index in [1.807, 2.05) is 44.2 Å². The number of nitrogens with zero attached hydrogens (tertiary/aromatic N) is 3. The summed E-state index contributed by atoms with van der Waals surface area (Å²) in [6, 6.07) is 11.2. The molecule has 1 amide bonds. The van der Waals surface area contributed by atoms with Gasteiger partial charge in [0.05, 0.1) is 5.52 Å². The Labute approximate surface area is 176 Å². The van der Waals surface area contributed by atoms with Crippen molar-refractivity contribution in [3.63, 3.8) is 0 Å². The average molecular weight is 423 g/mol. The molecule has 3 heterocycles. The highest BCUT2D eigenvalue weighted by atomic mass is 32.1. The molecule has 154 valence electrons. The minimum Gasteiger partial charge on any atom is -0.325 e. The smallest absolute Gasteiger partial charge is 0.325 e. The zero-order valence-corrected chi connectivity index (χ0v) is 17.7. The second kappa shape index (κ2) is 8.23. The van der Waals surface area contributed by atoms with Gasteiger partial charge in [0.2, 0.25) is 5.91 Å². The number of hydrogen-bond acceptors (Lipinski definition) is 5. The van der Waals surface area contributed by atoms with Crippen molar-refractivity contribution in [1.29, 1.82) is 0 Å². The van der Waals surface area contributed by atoms with Crippen molar-refractivity contribution in [1.82, 2.24) is 14.1 Å². The highest BCUT2D eigenvalue weighted by Crippen LogP contribution is 2.29. The van der Waals surface area contributed by atoms with Gasteiger partial charge in [-0.2, -0.15) is 0 Å². The number of nitrogens with one attached hydrogen (secondary N) is 1. The molecule has 0 atom stereocenters. The molecular formula is C22H22N4O3S. The SMILES string of the molecule is CCCn1c(=O)c2sc3ncccc3c2n(CC(=O)Nc2cccc(CC)c2)c1=O. The monoisotopic (exact) mass is 422 g/mol. The first-order valence-electron chi connectivity index (χ1n) is 9.93. The van der Waals surface area contributed by atoms with Gasteiger partial charge in [-0.3, -0.25) is 18.7 Å². The number of carbonyl (C=O) groups is 1. The fourth-order valence-electron chi connectivity index (χ4n) is 3.56. The van der Waals surface area contributed by atoms with E-state index in [9.17, 15) is 14.4 Å². The third-order valence-electron chi connectivity index (χ3n) is 4.98. The lowest BCUT2D eigenvalue weighted by Crippen LogP contribution is -2.41. The molecule has 0 aliphatic carbocycles. The van der Waals surface area contributed by atoms with E-state index >= 15 is 0 Å². The van der Waals surface area contributed by atoms with E-state index in [0.29, 0.717) is 39.1 Å². The number of amides is 1. The molecule has 7 nitrogen and oxygen atoms in total. The summed E-state index contributed by atoms with van der Waals surface area (Å²) in [7, 11) is 0. The van der Waals surface area contributed by atoms with Crippen LogP contribution in [0.25, 0.3) is 20.4 Å². The number of thiophene rings is 1. The molecule has 8 heteroatoms.